The molecule has 0 saturated heterocycles. The van der Waals surface area contributed by atoms with Gasteiger partial charge in [-0.3, -0.25) is 4.79 Å². The number of benzene rings is 3. The Balaban J connectivity index is 1.40. The van der Waals surface area contributed by atoms with Gasteiger partial charge in [0, 0.05) is 25.5 Å². The maximum atomic E-state index is 13.8. The van der Waals surface area contributed by atoms with Crippen molar-refractivity contribution in [2.75, 3.05) is 20.3 Å². The van der Waals surface area contributed by atoms with Crippen LogP contribution in [-0.2, 0) is 16.0 Å². The van der Waals surface area contributed by atoms with Crippen LogP contribution in [0, 0.1) is 5.82 Å². The van der Waals surface area contributed by atoms with Crippen molar-refractivity contribution in [1.82, 2.24) is 0 Å². The summed E-state index contributed by atoms with van der Waals surface area (Å²) in [5, 5.41) is 9.04. The highest BCUT2D eigenvalue weighted by molar-refractivity contribution is 6.09. The molecular formula is C26H25FO6. The average molecular weight is 452 g/mol. The fraction of sp³-hybridized carbons (Fsp3) is 0.231. The van der Waals surface area contributed by atoms with Crippen molar-refractivity contribution in [2.24, 2.45) is 0 Å². The second kappa shape index (κ2) is 11.8. The Kier molecular flexibility index (Phi) is 8.55. The molecule has 1 unspecified atom stereocenters. The second-order valence-electron chi connectivity index (χ2n) is 7.29. The van der Waals surface area contributed by atoms with Crippen molar-refractivity contribution in [2.45, 2.75) is 18.9 Å². The fourth-order valence-corrected chi connectivity index (χ4v) is 3.15. The van der Waals surface area contributed by atoms with E-state index in [0.717, 1.165) is 5.56 Å². The quantitative estimate of drug-likeness (QED) is 0.321. The minimum Gasteiger partial charge on any atom is -0.493 e. The SMILES string of the molecule is COC(Cc1ccc(OCCCOc2ccc(C(=O)c3ccccc3F)cc2)cc1)C(=O)O. The molecule has 0 aliphatic carbocycles. The van der Waals surface area contributed by atoms with Crippen molar-refractivity contribution >= 4 is 11.8 Å². The molecule has 0 bridgehead atoms. The van der Waals surface area contributed by atoms with E-state index in [1.807, 2.05) is 12.1 Å². The molecule has 3 aromatic carbocycles. The number of ether oxygens (including phenoxy) is 3. The number of ketones is 1. The van der Waals surface area contributed by atoms with E-state index in [1.165, 1.54) is 19.2 Å². The lowest BCUT2D eigenvalue weighted by Gasteiger charge is -2.11. The van der Waals surface area contributed by atoms with Gasteiger partial charge < -0.3 is 19.3 Å². The largest absolute Gasteiger partial charge is 0.493 e. The highest BCUT2D eigenvalue weighted by Gasteiger charge is 2.16. The van der Waals surface area contributed by atoms with E-state index in [2.05, 4.69) is 0 Å². The van der Waals surface area contributed by atoms with E-state index in [0.29, 0.717) is 36.7 Å². The minimum absolute atomic E-state index is 0.0387. The topological polar surface area (TPSA) is 82.1 Å². The van der Waals surface area contributed by atoms with Crippen LogP contribution in [0.1, 0.15) is 27.9 Å². The number of methoxy groups -OCH3 is 1. The van der Waals surface area contributed by atoms with E-state index in [4.69, 9.17) is 19.3 Å². The first kappa shape index (κ1) is 23.9. The van der Waals surface area contributed by atoms with E-state index in [9.17, 15) is 14.0 Å². The maximum absolute atomic E-state index is 13.8. The molecule has 0 spiro atoms. The van der Waals surface area contributed by atoms with Crippen molar-refractivity contribution in [1.29, 1.82) is 0 Å². The standard InChI is InChI=1S/C26H25FO6/c1-31-24(26(29)30)17-18-7-11-20(12-8-18)32-15-4-16-33-21-13-9-19(10-14-21)25(28)22-5-2-3-6-23(22)27/h2-3,5-14,24H,4,15-17H2,1H3,(H,29,30). The monoisotopic (exact) mass is 452 g/mol. The summed E-state index contributed by atoms with van der Waals surface area (Å²) in [6.45, 7) is 0.867. The van der Waals surface area contributed by atoms with Gasteiger partial charge in [0.25, 0.3) is 0 Å². The number of carbonyl (C=O) groups is 2. The molecule has 0 aliphatic rings. The Morgan fingerprint density at radius 3 is 2.00 bits per heavy atom. The summed E-state index contributed by atoms with van der Waals surface area (Å²) in [4.78, 5) is 23.4. The van der Waals surface area contributed by atoms with Crippen LogP contribution < -0.4 is 9.47 Å². The molecule has 0 radical (unpaired) electrons. The van der Waals surface area contributed by atoms with Gasteiger partial charge in [-0.25, -0.2) is 9.18 Å². The highest BCUT2D eigenvalue weighted by atomic mass is 19.1. The summed E-state index contributed by atoms with van der Waals surface area (Å²) in [5.74, 6) is -0.629. The number of rotatable bonds is 12. The molecule has 0 fully saturated rings. The first-order chi connectivity index (χ1) is 16.0. The molecule has 6 nitrogen and oxygen atoms in total. The fourth-order valence-electron chi connectivity index (χ4n) is 3.15. The molecule has 0 amide bonds. The minimum atomic E-state index is -0.996. The molecule has 3 aromatic rings. The Labute approximate surface area is 191 Å². The molecule has 7 heteroatoms. The highest BCUT2D eigenvalue weighted by Crippen LogP contribution is 2.18. The van der Waals surface area contributed by atoms with Crippen LogP contribution >= 0.6 is 0 Å². The third-order valence-corrected chi connectivity index (χ3v) is 4.97. The number of aliphatic carboxylic acids is 1. The van der Waals surface area contributed by atoms with E-state index in [1.54, 1.807) is 48.5 Å². The third-order valence-electron chi connectivity index (χ3n) is 4.97. The van der Waals surface area contributed by atoms with Gasteiger partial charge in [-0.2, -0.15) is 0 Å². The summed E-state index contributed by atoms with van der Waals surface area (Å²) < 4.78 is 30.1. The van der Waals surface area contributed by atoms with Gasteiger partial charge >= 0.3 is 5.97 Å². The van der Waals surface area contributed by atoms with Gasteiger partial charge in [0.15, 0.2) is 11.9 Å². The van der Waals surface area contributed by atoms with E-state index >= 15 is 0 Å². The number of halogens is 1. The second-order valence-corrected chi connectivity index (χ2v) is 7.29. The Morgan fingerprint density at radius 2 is 1.45 bits per heavy atom. The molecular weight excluding hydrogens is 427 g/mol. The van der Waals surface area contributed by atoms with Crippen LogP contribution in [-0.4, -0.2) is 43.3 Å². The van der Waals surface area contributed by atoms with Crippen LogP contribution in [0.5, 0.6) is 11.5 Å². The van der Waals surface area contributed by atoms with Crippen LogP contribution in [0.15, 0.2) is 72.8 Å². The molecule has 1 N–H and O–H groups in total. The van der Waals surface area contributed by atoms with Crippen LogP contribution in [0.25, 0.3) is 0 Å². The van der Waals surface area contributed by atoms with E-state index in [-0.39, 0.29) is 17.8 Å². The zero-order valence-electron chi connectivity index (χ0n) is 18.2. The summed E-state index contributed by atoms with van der Waals surface area (Å²) in [6.07, 6.45) is 0.0492. The van der Waals surface area contributed by atoms with E-state index < -0.39 is 17.9 Å². The smallest absolute Gasteiger partial charge is 0.333 e. The van der Waals surface area contributed by atoms with Gasteiger partial charge in [0.05, 0.1) is 18.8 Å². The molecule has 1 atom stereocenters. The van der Waals surface area contributed by atoms with Crippen LogP contribution in [0.2, 0.25) is 0 Å². The lowest BCUT2D eigenvalue weighted by molar-refractivity contribution is -0.148. The first-order valence-electron chi connectivity index (χ1n) is 10.5. The van der Waals surface area contributed by atoms with Crippen LogP contribution in [0.3, 0.4) is 0 Å². The zero-order valence-corrected chi connectivity index (χ0v) is 18.2. The van der Waals surface area contributed by atoms with Gasteiger partial charge in [-0.15, -0.1) is 0 Å². The molecule has 0 heterocycles. The number of carbonyl (C=O) groups excluding carboxylic acids is 1. The lowest BCUT2D eigenvalue weighted by Crippen LogP contribution is -2.24. The number of carboxylic acids is 1. The van der Waals surface area contributed by atoms with Gasteiger partial charge in [-0.05, 0) is 54.1 Å². The summed E-state index contributed by atoms with van der Waals surface area (Å²) >= 11 is 0. The first-order valence-corrected chi connectivity index (χ1v) is 10.5. The predicted molar refractivity (Wildman–Crippen MR) is 120 cm³/mol. The maximum Gasteiger partial charge on any atom is 0.333 e. The predicted octanol–water partition coefficient (Wildman–Crippen LogP) is 4.55. The average Bonchev–Trinajstić information content (AvgIpc) is 2.83. The molecule has 0 aromatic heterocycles. The van der Waals surface area contributed by atoms with Crippen LogP contribution in [0.4, 0.5) is 4.39 Å². The van der Waals surface area contributed by atoms with Gasteiger partial charge in [0.2, 0.25) is 0 Å². The Morgan fingerprint density at radius 1 is 0.879 bits per heavy atom. The number of hydrogen-bond acceptors (Lipinski definition) is 5. The Hall–Kier alpha value is -3.71. The van der Waals surface area contributed by atoms with Crippen molar-refractivity contribution in [3.63, 3.8) is 0 Å². The number of carboxylic acid groups (broad SMARTS) is 1. The van der Waals surface area contributed by atoms with Gasteiger partial charge in [0.1, 0.15) is 17.3 Å². The normalized spacial score (nSPS) is 11.6. The lowest BCUT2D eigenvalue weighted by atomic mass is 10.0. The molecule has 0 aliphatic heterocycles. The number of hydrogen-bond donors (Lipinski definition) is 1. The zero-order chi connectivity index (χ0) is 23.6. The summed E-state index contributed by atoms with van der Waals surface area (Å²) in [5.41, 5.74) is 1.27. The van der Waals surface area contributed by atoms with Crippen molar-refractivity contribution in [3.8, 4) is 11.5 Å². The summed E-state index contributed by atoms with van der Waals surface area (Å²) in [6, 6.07) is 19.7. The Bertz CT molecular complexity index is 1060. The van der Waals surface area contributed by atoms with Crippen molar-refractivity contribution in [3.05, 3.63) is 95.3 Å². The molecule has 0 saturated carbocycles. The summed E-state index contributed by atoms with van der Waals surface area (Å²) in [7, 11) is 1.37. The molecule has 3 rings (SSSR count). The van der Waals surface area contributed by atoms with Crippen molar-refractivity contribution < 1.29 is 33.3 Å². The third kappa shape index (κ3) is 6.89. The molecule has 33 heavy (non-hydrogen) atoms. The van der Waals surface area contributed by atoms with Gasteiger partial charge in [-0.1, -0.05) is 24.3 Å². The molecule has 172 valence electrons.